The topological polar surface area (TPSA) is 52.4 Å². The Kier molecular flexibility index (Phi) is 4.94. The van der Waals surface area contributed by atoms with Gasteiger partial charge in [-0.2, -0.15) is 0 Å². The Hall–Kier alpha value is -0.510. The summed E-state index contributed by atoms with van der Waals surface area (Å²) >= 11 is 5.64. The maximum atomic E-state index is 9.91. The molecule has 11 heavy (non-hydrogen) atoms. The van der Waals surface area contributed by atoms with Gasteiger partial charge in [0.15, 0.2) is 0 Å². The van der Waals surface area contributed by atoms with Crippen LogP contribution in [0.3, 0.4) is 0 Å². The quantitative estimate of drug-likeness (QED) is 0.370. The molecular formula is C6H12ClNO3. The van der Waals surface area contributed by atoms with E-state index in [1.54, 1.807) is 6.92 Å². The van der Waals surface area contributed by atoms with Crippen molar-refractivity contribution in [2.45, 2.75) is 38.2 Å². The summed E-state index contributed by atoms with van der Waals surface area (Å²) in [6, 6.07) is 0. The number of halogens is 1. The molecule has 4 nitrogen and oxygen atoms in total. The van der Waals surface area contributed by atoms with Crippen LogP contribution in [-0.2, 0) is 4.84 Å². The molecule has 2 unspecified atom stereocenters. The normalized spacial score (nSPS) is 15.5. The summed E-state index contributed by atoms with van der Waals surface area (Å²) in [5.74, 6) is 0. The number of hydrogen-bond acceptors (Lipinski definition) is 3. The zero-order valence-electron chi connectivity index (χ0n) is 6.62. The van der Waals surface area contributed by atoms with Crippen molar-refractivity contribution in [3.8, 4) is 0 Å². The summed E-state index contributed by atoms with van der Waals surface area (Å²) in [4.78, 5) is 14.3. The Morgan fingerprint density at radius 2 is 2.27 bits per heavy atom. The molecule has 0 spiro atoms. The summed E-state index contributed by atoms with van der Waals surface area (Å²) in [5.41, 5.74) is 0. The zero-order valence-corrected chi connectivity index (χ0v) is 7.37. The standard InChI is InChI=1S/C6H12ClNO3/c1-3-4-6(5(2)7)11-8(9)10/h5-6H,3-4H2,1-2H3. The molecule has 0 aliphatic rings. The van der Waals surface area contributed by atoms with E-state index in [2.05, 4.69) is 4.84 Å². The van der Waals surface area contributed by atoms with Gasteiger partial charge in [-0.1, -0.05) is 13.3 Å². The fourth-order valence-electron chi connectivity index (χ4n) is 0.761. The summed E-state index contributed by atoms with van der Waals surface area (Å²) < 4.78 is 0. The molecule has 0 bridgehead atoms. The number of hydrogen-bond donors (Lipinski definition) is 0. The Morgan fingerprint density at radius 1 is 1.73 bits per heavy atom. The lowest BCUT2D eigenvalue weighted by Crippen LogP contribution is -2.24. The fourth-order valence-corrected chi connectivity index (χ4v) is 0.933. The van der Waals surface area contributed by atoms with E-state index in [0.717, 1.165) is 6.42 Å². The van der Waals surface area contributed by atoms with E-state index in [1.165, 1.54) is 0 Å². The van der Waals surface area contributed by atoms with E-state index in [9.17, 15) is 10.1 Å². The molecule has 0 rings (SSSR count). The van der Waals surface area contributed by atoms with Crippen LogP contribution in [0.4, 0.5) is 0 Å². The molecule has 0 aliphatic carbocycles. The van der Waals surface area contributed by atoms with Gasteiger partial charge in [-0.25, -0.2) is 0 Å². The predicted octanol–water partition coefficient (Wildman–Crippen LogP) is 1.99. The number of alkyl halides is 1. The number of nitrogens with zero attached hydrogens (tertiary/aromatic N) is 1. The lowest BCUT2D eigenvalue weighted by atomic mass is 10.2. The Morgan fingerprint density at radius 3 is 2.55 bits per heavy atom. The third kappa shape index (κ3) is 4.84. The largest absolute Gasteiger partial charge is 0.309 e. The average Bonchev–Trinajstić information content (AvgIpc) is 1.86. The van der Waals surface area contributed by atoms with Crippen LogP contribution in [0, 0.1) is 10.1 Å². The van der Waals surface area contributed by atoms with Gasteiger partial charge in [-0.3, -0.25) is 0 Å². The highest BCUT2D eigenvalue weighted by Crippen LogP contribution is 2.12. The van der Waals surface area contributed by atoms with Crippen LogP contribution >= 0.6 is 11.6 Å². The molecule has 0 aromatic rings. The average molecular weight is 182 g/mol. The van der Waals surface area contributed by atoms with Crippen LogP contribution in [-0.4, -0.2) is 16.6 Å². The van der Waals surface area contributed by atoms with Crippen LogP contribution in [0.25, 0.3) is 0 Å². The Bertz CT molecular complexity index is 129. The Labute approximate surface area is 70.6 Å². The third-order valence-electron chi connectivity index (χ3n) is 1.31. The van der Waals surface area contributed by atoms with Crippen LogP contribution in [0.5, 0.6) is 0 Å². The second kappa shape index (κ2) is 5.18. The first-order valence-electron chi connectivity index (χ1n) is 3.53. The minimum Gasteiger partial charge on any atom is -0.309 e. The summed E-state index contributed by atoms with van der Waals surface area (Å²) in [6.07, 6.45) is 0.970. The number of rotatable bonds is 5. The van der Waals surface area contributed by atoms with E-state index in [-0.39, 0.29) is 5.38 Å². The molecule has 0 fully saturated rings. The second-order valence-electron chi connectivity index (χ2n) is 2.33. The van der Waals surface area contributed by atoms with E-state index < -0.39 is 11.2 Å². The second-order valence-corrected chi connectivity index (χ2v) is 3.02. The first kappa shape index (κ1) is 10.5. The maximum Gasteiger partial charge on any atom is 0.294 e. The molecule has 0 saturated heterocycles. The van der Waals surface area contributed by atoms with Crippen molar-refractivity contribution >= 4 is 11.6 Å². The van der Waals surface area contributed by atoms with E-state index in [0.29, 0.717) is 6.42 Å². The van der Waals surface area contributed by atoms with Crippen molar-refractivity contribution in [2.75, 3.05) is 0 Å². The Balaban J connectivity index is 3.79. The molecule has 0 N–H and O–H groups in total. The highest BCUT2D eigenvalue weighted by molar-refractivity contribution is 6.20. The molecule has 0 aliphatic heterocycles. The van der Waals surface area contributed by atoms with E-state index >= 15 is 0 Å². The van der Waals surface area contributed by atoms with Gasteiger partial charge >= 0.3 is 0 Å². The highest BCUT2D eigenvalue weighted by atomic mass is 35.5. The van der Waals surface area contributed by atoms with Crippen molar-refractivity contribution < 1.29 is 9.92 Å². The molecule has 5 heteroatoms. The van der Waals surface area contributed by atoms with Crippen molar-refractivity contribution in [1.29, 1.82) is 0 Å². The molecule has 0 radical (unpaired) electrons. The van der Waals surface area contributed by atoms with Crippen LogP contribution in [0.2, 0.25) is 0 Å². The minimum absolute atomic E-state index is 0.319. The lowest BCUT2D eigenvalue weighted by molar-refractivity contribution is -0.768. The molecule has 0 heterocycles. The minimum atomic E-state index is -0.792. The van der Waals surface area contributed by atoms with Crippen LogP contribution in [0.15, 0.2) is 0 Å². The SMILES string of the molecule is CCCC(O[N+](=O)[O-])C(C)Cl. The van der Waals surface area contributed by atoms with E-state index in [4.69, 9.17) is 11.6 Å². The van der Waals surface area contributed by atoms with E-state index in [1.807, 2.05) is 6.92 Å². The summed E-state index contributed by atoms with van der Waals surface area (Å²) in [7, 11) is 0. The van der Waals surface area contributed by atoms with Crippen molar-refractivity contribution in [2.24, 2.45) is 0 Å². The molecule has 0 saturated carbocycles. The molecule has 0 amide bonds. The zero-order chi connectivity index (χ0) is 8.85. The van der Waals surface area contributed by atoms with Gasteiger partial charge in [0.25, 0.3) is 5.09 Å². The van der Waals surface area contributed by atoms with Crippen molar-refractivity contribution in [3.05, 3.63) is 10.1 Å². The van der Waals surface area contributed by atoms with Gasteiger partial charge in [-0.15, -0.1) is 21.7 Å². The van der Waals surface area contributed by atoms with Gasteiger partial charge in [-0.05, 0) is 13.3 Å². The predicted molar refractivity (Wildman–Crippen MR) is 42.1 cm³/mol. The molecule has 0 aromatic heterocycles. The maximum absolute atomic E-state index is 9.91. The fraction of sp³-hybridized carbons (Fsp3) is 1.00. The molecule has 2 atom stereocenters. The highest BCUT2D eigenvalue weighted by Gasteiger charge is 2.17. The van der Waals surface area contributed by atoms with Crippen molar-refractivity contribution in [3.63, 3.8) is 0 Å². The van der Waals surface area contributed by atoms with Gasteiger partial charge < -0.3 is 4.84 Å². The van der Waals surface area contributed by atoms with Gasteiger partial charge in [0.2, 0.25) is 0 Å². The smallest absolute Gasteiger partial charge is 0.294 e. The van der Waals surface area contributed by atoms with Crippen LogP contribution in [0.1, 0.15) is 26.7 Å². The monoisotopic (exact) mass is 181 g/mol. The van der Waals surface area contributed by atoms with Crippen LogP contribution < -0.4 is 0 Å². The van der Waals surface area contributed by atoms with Gasteiger partial charge in [0, 0.05) is 0 Å². The third-order valence-corrected chi connectivity index (χ3v) is 1.59. The summed E-state index contributed by atoms with van der Waals surface area (Å²) in [5, 5.41) is 8.80. The van der Waals surface area contributed by atoms with Gasteiger partial charge in [0.05, 0.1) is 5.38 Å². The van der Waals surface area contributed by atoms with Crippen molar-refractivity contribution in [1.82, 2.24) is 0 Å². The molecule has 66 valence electrons. The van der Waals surface area contributed by atoms with Gasteiger partial charge in [0.1, 0.15) is 6.10 Å². The lowest BCUT2D eigenvalue weighted by Gasteiger charge is -2.15. The molecule has 0 aromatic carbocycles. The first-order chi connectivity index (χ1) is 5.07. The first-order valence-corrected chi connectivity index (χ1v) is 3.96. The molecular weight excluding hydrogens is 170 g/mol. The summed E-state index contributed by atoms with van der Waals surface area (Å²) in [6.45, 7) is 3.61.